The van der Waals surface area contributed by atoms with Crippen LogP contribution in [-0.2, 0) is 22.6 Å². The Morgan fingerprint density at radius 1 is 0.935 bits per heavy atom. The van der Waals surface area contributed by atoms with Gasteiger partial charge in [-0.1, -0.05) is 30.3 Å². The fourth-order valence-electron chi connectivity index (χ4n) is 5.80. The molecule has 4 bridgehead atoms. The number of aryl methyl sites for hydroxylation is 1. The number of methoxy groups -OCH3 is 2. The summed E-state index contributed by atoms with van der Waals surface area (Å²) in [4.78, 5) is 45.7. The number of hydrogen-bond donors (Lipinski definition) is 2. The summed E-state index contributed by atoms with van der Waals surface area (Å²) in [5, 5.41) is 7.87. The number of benzene rings is 3. The van der Waals surface area contributed by atoms with Crippen molar-refractivity contribution in [2.24, 2.45) is 0 Å². The maximum Gasteiger partial charge on any atom is 0.272 e. The molecule has 3 amide bonds. The molecule has 0 saturated carbocycles. The number of hydrogen-bond acceptors (Lipinski definition) is 8. The van der Waals surface area contributed by atoms with E-state index in [4.69, 9.17) is 18.9 Å². The molecule has 1 saturated heterocycles. The lowest BCUT2D eigenvalue weighted by atomic mass is 10.0. The lowest BCUT2D eigenvalue weighted by molar-refractivity contribution is -0.125. The highest BCUT2D eigenvalue weighted by molar-refractivity contribution is 5.96. The van der Waals surface area contributed by atoms with E-state index in [0.717, 1.165) is 21.9 Å². The average molecular weight is 625 g/mol. The van der Waals surface area contributed by atoms with Gasteiger partial charge in [-0.2, -0.15) is 0 Å². The van der Waals surface area contributed by atoms with Gasteiger partial charge in [-0.15, -0.1) is 0 Å². The maximum atomic E-state index is 13.6. The summed E-state index contributed by atoms with van der Waals surface area (Å²) in [6.07, 6.45) is 2.45. The minimum atomic E-state index is -0.547. The lowest BCUT2D eigenvalue weighted by Crippen LogP contribution is -2.58. The van der Waals surface area contributed by atoms with Gasteiger partial charge in [0.1, 0.15) is 23.3 Å². The second-order valence-electron chi connectivity index (χ2n) is 11.3. The number of nitrogens with one attached hydrogen (secondary N) is 2. The lowest BCUT2D eigenvalue weighted by Gasteiger charge is -2.38. The number of pyridine rings is 1. The molecule has 46 heavy (non-hydrogen) atoms. The molecule has 2 N–H and O–H groups in total. The summed E-state index contributed by atoms with van der Waals surface area (Å²) < 4.78 is 23.4. The predicted octanol–water partition coefficient (Wildman–Crippen LogP) is 3.67. The van der Waals surface area contributed by atoms with Crippen LogP contribution in [0, 0.1) is 0 Å². The predicted molar refractivity (Wildman–Crippen MR) is 170 cm³/mol. The van der Waals surface area contributed by atoms with Crippen molar-refractivity contribution in [3.63, 3.8) is 0 Å². The molecule has 1 fully saturated rings. The molecule has 0 radical (unpaired) electrons. The van der Waals surface area contributed by atoms with Gasteiger partial charge < -0.3 is 34.5 Å². The first-order valence-corrected chi connectivity index (χ1v) is 15.2. The van der Waals surface area contributed by atoms with E-state index in [2.05, 4.69) is 15.6 Å². The highest BCUT2D eigenvalue weighted by atomic mass is 16.5. The molecular weight excluding hydrogens is 588 g/mol. The highest BCUT2D eigenvalue weighted by Gasteiger charge is 2.35. The summed E-state index contributed by atoms with van der Waals surface area (Å²) in [6.45, 7) is 0.628. The topological polar surface area (TPSA) is 128 Å². The first kappa shape index (κ1) is 30.7. The molecule has 11 nitrogen and oxygen atoms in total. The SMILES string of the molecule is COc1cc2ccc1CNC(=O)CCc1ccc(OC)c(c1)OCC(=O)N[C@@H]1CN(C(=O)c3cc4ccccc4cn3)CC[C@@H]1O2. The van der Waals surface area contributed by atoms with Crippen molar-refractivity contribution in [2.75, 3.05) is 33.9 Å². The summed E-state index contributed by atoms with van der Waals surface area (Å²) in [5.74, 6) is 1.27. The molecule has 3 aliphatic heterocycles. The van der Waals surface area contributed by atoms with Crippen LogP contribution >= 0.6 is 0 Å². The van der Waals surface area contributed by atoms with Crippen LogP contribution in [0.25, 0.3) is 10.8 Å². The van der Waals surface area contributed by atoms with E-state index in [-0.39, 0.29) is 37.3 Å². The zero-order chi connectivity index (χ0) is 32.0. The quantitative estimate of drug-likeness (QED) is 0.354. The van der Waals surface area contributed by atoms with E-state index in [0.29, 0.717) is 54.6 Å². The summed E-state index contributed by atoms with van der Waals surface area (Å²) in [5.41, 5.74) is 2.00. The van der Waals surface area contributed by atoms with E-state index < -0.39 is 12.1 Å². The van der Waals surface area contributed by atoms with Gasteiger partial charge in [0.05, 0.1) is 20.3 Å². The van der Waals surface area contributed by atoms with Gasteiger partial charge in [0.15, 0.2) is 18.1 Å². The van der Waals surface area contributed by atoms with Crippen LogP contribution in [0.5, 0.6) is 23.0 Å². The van der Waals surface area contributed by atoms with Crippen molar-refractivity contribution in [1.82, 2.24) is 20.5 Å². The van der Waals surface area contributed by atoms with Gasteiger partial charge in [-0.25, -0.2) is 0 Å². The minimum Gasteiger partial charge on any atom is -0.496 e. The number of aromatic nitrogens is 1. The van der Waals surface area contributed by atoms with Gasteiger partial charge in [-0.3, -0.25) is 19.4 Å². The van der Waals surface area contributed by atoms with E-state index in [1.165, 1.54) is 7.11 Å². The Bertz CT molecular complexity index is 1760. The fourth-order valence-corrected chi connectivity index (χ4v) is 5.80. The number of rotatable bonds is 3. The van der Waals surface area contributed by atoms with Crippen LogP contribution < -0.4 is 29.6 Å². The van der Waals surface area contributed by atoms with Crippen LogP contribution in [0.2, 0.25) is 0 Å². The molecule has 0 spiro atoms. The fraction of sp³-hybridized carbons (Fsp3) is 0.314. The van der Waals surface area contributed by atoms with E-state index in [9.17, 15) is 14.4 Å². The van der Waals surface area contributed by atoms with Crippen LogP contribution in [-0.4, -0.2) is 73.7 Å². The second kappa shape index (κ2) is 13.8. The molecule has 0 aliphatic carbocycles. The Morgan fingerprint density at radius 2 is 1.76 bits per heavy atom. The Balaban J connectivity index is 1.27. The number of likely N-dealkylation sites (tertiary alicyclic amines) is 1. The van der Waals surface area contributed by atoms with Crippen LogP contribution in [0.1, 0.15) is 34.5 Å². The third-order valence-corrected chi connectivity index (χ3v) is 8.28. The van der Waals surface area contributed by atoms with Gasteiger partial charge in [0.25, 0.3) is 11.8 Å². The van der Waals surface area contributed by atoms with Gasteiger partial charge >= 0.3 is 0 Å². The normalized spacial score (nSPS) is 18.9. The number of ether oxygens (including phenoxy) is 4. The summed E-state index contributed by atoms with van der Waals surface area (Å²) >= 11 is 0. The smallest absolute Gasteiger partial charge is 0.272 e. The Morgan fingerprint density at radius 3 is 2.59 bits per heavy atom. The molecule has 4 heterocycles. The van der Waals surface area contributed by atoms with Crippen molar-refractivity contribution < 1.29 is 33.3 Å². The van der Waals surface area contributed by atoms with Crippen LogP contribution in [0.4, 0.5) is 0 Å². The Kier molecular flexibility index (Phi) is 9.18. The Labute approximate surface area is 266 Å². The number of amides is 3. The first-order valence-electron chi connectivity index (χ1n) is 15.2. The largest absolute Gasteiger partial charge is 0.496 e. The van der Waals surface area contributed by atoms with Crippen LogP contribution in [0.3, 0.4) is 0 Å². The molecule has 7 rings (SSSR count). The van der Waals surface area contributed by atoms with Crippen molar-refractivity contribution >= 4 is 28.5 Å². The zero-order valence-electron chi connectivity index (χ0n) is 25.8. The highest BCUT2D eigenvalue weighted by Crippen LogP contribution is 2.30. The average Bonchev–Trinajstić information content (AvgIpc) is 3.09. The van der Waals surface area contributed by atoms with Gasteiger partial charge in [0.2, 0.25) is 5.91 Å². The molecule has 4 aromatic rings. The standard InChI is InChI=1S/C35H36N4O7/c1-43-30-11-7-22-8-12-33(40)37-19-25-9-10-26(17-31(25)44-2)46-29-13-14-39(20-28(29)38-34(41)21-45-32(30)15-22)35(42)27-16-23-5-3-4-6-24(23)18-36-27/h3-7,9-11,15-18,28-29H,8,12-14,19-21H2,1-2H3,(H,37,40)(H,38,41)/t28-,29+/m1/s1. The number of carbonyl (C=O) groups excluding carboxylic acids is 3. The summed E-state index contributed by atoms with van der Waals surface area (Å²) in [6, 6.07) is 19.8. The molecule has 3 aromatic carbocycles. The van der Waals surface area contributed by atoms with Crippen molar-refractivity contribution in [3.8, 4) is 23.0 Å². The van der Waals surface area contributed by atoms with Crippen LogP contribution in [0.15, 0.2) is 72.9 Å². The molecule has 11 heteroatoms. The monoisotopic (exact) mass is 624 g/mol. The van der Waals surface area contributed by atoms with E-state index in [1.54, 1.807) is 42.5 Å². The Hall–Kier alpha value is -5.32. The molecule has 3 aliphatic rings. The zero-order valence-corrected chi connectivity index (χ0v) is 25.8. The molecule has 1 aromatic heterocycles. The van der Waals surface area contributed by atoms with Crippen molar-refractivity contribution in [2.45, 2.75) is 38.0 Å². The number of fused-ring (bicyclic) bond motifs is 10. The maximum absolute atomic E-state index is 13.6. The number of carbonyl (C=O) groups is 3. The van der Waals surface area contributed by atoms with E-state index in [1.807, 2.05) is 42.5 Å². The molecule has 238 valence electrons. The van der Waals surface area contributed by atoms with Gasteiger partial charge in [0, 0.05) is 55.7 Å². The summed E-state index contributed by atoms with van der Waals surface area (Å²) in [7, 11) is 3.09. The van der Waals surface area contributed by atoms with Crippen molar-refractivity contribution in [1.29, 1.82) is 0 Å². The number of piperidine rings is 1. The second-order valence-corrected chi connectivity index (χ2v) is 11.3. The molecular formula is C35H36N4O7. The molecule has 0 unspecified atom stereocenters. The van der Waals surface area contributed by atoms with Crippen molar-refractivity contribution in [3.05, 3.63) is 89.7 Å². The molecule has 2 atom stereocenters. The third-order valence-electron chi connectivity index (χ3n) is 8.28. The van der Waals surface area contributed by atoms with E-state index >= 15 is 0 Å². The third kappa shape index (κ3) is 6.98. The van der Waals surface area contributed by atoms with Gasteiger partial charge in [-0.05, 0) is 47.7 Å². The first-order chi connectivity index (χ1) is 22.4. The minimum absolute atomic E-state index is 0.110. The number of nitrogens with zero attached hydrogens (tertiary/aromatic N) is 2.